The van der Waals surface area contributed by atoms with Crippen LogP contribution >= 0.6 is 0 Å². The third-order valence-electron chi connectivity index (χ3n) is 4.07. The van der Waals surface area contributed by atoms with Gasteiger partial charge in [0.1, 0.15) is 0 Å². The van der Waals surface area contributed by atoms with E-state index in [0.717, 1.165) is 37.4 Å². The summed E-state index contributed by atoms with van der Waals surface area (Å²) in [4.78, 5) is 4.70. The van der Waals surface area contributed by atoms with Gasteiger partial charge in [-0.2, -0.15) is 5.10 Å². The van der Waals surface area contributed by atoms with Crippen LogP contribution in [0, 0.1) is 6.92 Å². The van der Waals surface area contributed by atoms with E-state index in [0.29, 0.717) is 12.5 Å². The Labute approximate surface area is 115 Å². The van der Waals surface area contributed by atoms with Gasteiger partial charge in [0.2, 0.25) is 0 Å². The van der Waals surface area contributed by atoms with Crippen LogP contribution in [0.4, 0.5) is 0 Å². The molecule has 19 heavy (non-hydrogen) atoms. The summed E-state index contributed by atoms with van der Waals surface area (Å²) >= 11 is 0. The number of nitrogens with zero attached hydrogens (tertiary/aromatic N) is 4. The Morgan fingerprint density at radius 3 is 2.74 bits per heavy atom. The molecule has 1 aromatic rings. The first-order chi connectivity index (χ1) is 8.95. The molecule has 1 fully saturated rings. The van der Waals surface area contributed by atoms with E-state index in [1.165, 1.54) is 0 Å². The van der Waals surface area contributed by atoms with Crippen molar-refractivity contribution < 1.29 is 5.11 Å². The van der Waals surface area contributed by atoms with Crippen molar-refractivity contribution in [2.45, 2.75) is 31.9 Å². The lowest BCUT2D eigenvalue weighted by molar-refractivity contribution is 0.0632. The molecule has 1 aliphatic rings. The molecule has 1 aliphatic heterocycles. The van der Waals surface area contributed by atoms with E-state index in [9.17, 15) is 5.11 Å². The SMILES string of the molecule is Cc1cc(CC(O)CC2CN(C)CCN2C)n(C)n1. The second kappa shape index (κ2) is 6.03. The zero-order valence-corrected chi connectivity index (χ0v) is 12.5. The average molecular weight is 266 g/mol. The van der Waals surface area contributed by atoms with Gasteiger partial charge in [0.05, 0.1) is 11.8 Å². The van der Waals surface area contributed by atoms with Crippen molar-refractivity contribution in [2.24, 2.45) is 7.05 Å². The van der Waals surface area contributed by atoms with Crippen molar-refractivity contribution in [1.82, 2.24) is 19.6 Å². The third-order valence-corrected chi connectivity index (χ3v) is 4.07. The standard InChI is InChI=1S/C14H26N4O/c1-11-7-12(18(4)15-11)8-14(19)9-13-10-16(2)5-6-17(13)3/h7,13-14,19H,5-6,8-10H2,1-4H3. The van der Waals surface area contributed by atoms with E-state index in [4.69, 9.17) is 0 Å². The predicted molar refractivity (Wildman–Crippen MR) is 76.2 cm³/mol. The highest BCUT2D eigenvalue weighted by Gasteiger charge is 2.25. The van der Waals surface area contributed by atoms with E-state index < -0.39 is 0 Å². The minimum absolute atomic E-state index is 0.297. The van der Waals surface area contributed by atoms with Gasteiger partial charge in [0.15, 0.2) is 0 Å². The molecule has 0 amide bonds. The van der Waals surface area contributed by atoms with Gasteiger partial charge in [-0.3, -0.25) is 4.68 Å². The van der Waals surface area contributed by atoms with E-state index in [1.807, 2.05) is 18.7 Å². The second-order valence-electron chi connectivity index (χ2n) is 5.89. The molecule has 0 bridgehead atoms. The van der Waals surface area contributed by atoms with E-state index in [-0.39, 0.29) is 6.10 Å². The molecule has 2 rings (SSSR count). The van der Waals surface area contributed by atoms with Gasteiger partial charge >= 0.3 is 0 Å². The number of hydrogen-bond donors (Lipinski definition) is 1. The summed E-state index contributed by atoms with van der Waals surface area (Å²) in [6.07, 6.45) is 1.21. The molecule has 0 saturated carbocycles. The van der Waals surface area contributed by atoms with Gasteiger partial charge in [-0.15, -0.1) is 0 Å². The van der Waals surface area contributed by atoms with E-state index in [1.54, 1.807) is 0 Å². The molecule has 2 heterocycles. The van der Waals surface area contributed by atoms with Crippen LogP contribution in [0.5, 0.6) is 0 Å². The van der Waals surface area contributed by atoms with Gasteiger partial charge in [-0.05, 0) is 33.5 Å². The number of likely N-dealkylation sites (N-methyl/N-ethyl adjacent to an activating group) is 2. The average Bonchev–Trinajstić information content (AvgIpc) is 2.62. The molecule has 1 N–H and O–H groups in total. The van der Waals surface area contributed by atoms with Gasteiger partial charge in [-0.25, -0.2) is 0 Å². The summed E-state index contributed by atoms with van der Waals surface area (Å²) in [5.74, 6) is 0. The van der Waals surface area contributed by atoms with Crippen molar-refractivity contribution in [1.29, 1.82) is 0 Å². The van der Waals surface area contributed by atoms with Gasteiger partial charge in [0.25, 0.3) is 0 Å². The first kappa shape index (κ1) is 14.5. The van der Waals surface area contributed by atoms with E-state index >= 15 is 0 Å². The number of piperazine rings is 1. The fourth-order valence-electron chi connectivity index (χ4n) is 2.85. The topological polar surface area (TPSA) is 44.5 Å². The number of aliphatic hydroxyl groups is 1. The maximum absolute atomic E-state index is 10.3. The molecular formula is C14H26N4O. The van der Waals surface area contributed by atoms with Crippen LogP contribution in [-0.4, -0.2) is 70.6 Å². The minimum atomic E-state index is -0.297. The van der Waals surface area contributed by atoms with Crippen LogP contribution in [0.2, 0.25) is 0 Å². The summed E-state index contributed by atoms with van der Waals surface area (Å²) in [5, 5.41) is 14.6. The fraction of sp³-hybridized carbons (Fsp3) is 0.786. The van der Waals surface area contributed by atoms with Crippen molar-refractivity contribution in [3.8, 4) is 0 Å². The summed E-state index contributed by atoms with van der Waals surface area (Å²) < 4.78 is 1.87. The van der Waals surface area contributed by atoms with Crippen molar-refractivity contribution in [3.05, 3.63) is 17.5 Å². The first-order valence-corrected chi connectivity index (χ1v) is 7.02. The Morgan fingerprint density at radius 1 is 1.37 bits per heavy atom. The number of hydrogen-bond acceptors (Lipinski definition) is 4. The molecule has 2 atom stereocenters. The number of rotatable bonds is 4. The molecule has 1 saturated heterocycles. The number of aryl methyl sites for hydroxylation is 2. The third kappa shape index (κ3) is 3.78. The molecule has 108 valence electrons. The van der Waals surface area contributed by atoms with Crippen LogP contribution in [0.15, 0.2) is 6.07 Å². The first-order valence-electron chi connectivity index (χ1n) is 7.02. The highest BCUT2D eigenvalue weighted by Crippen LogP contribution is 2.15. The largest absolute Gasteiger partial charge is 0.393 e. The number of aliphatic hydroxyl groups excluding tert-OH is 1. The summed E-state index contributed by atoms with van der Waals surface area (Å²) in [6.45, 7) is 5.22. The van der Waals surface area contributed by atoms with Crippen LogP contribution in [0.25, 0.3) is 0 Å². The quantitative estimate of drug-likeness (QED) is 0.849. The lowest BCUT2D eigenvalue weighted by Gasteiger charge is -2.38. The second-order valence-corrected chi connectivity index (χ2v) is 5.89. The van der Waals surface area contributed by atoms with Crippen molar-refractivity contribution in [2.75, 3.05) is 33.7 Å². The maximum Gasteiger partial charge on any atom is 0.0610 e. The van der Waals surface area contributed by atoms with E-state index in [2.05, 4.69) is 35.1 Å². The van der Waals surface area contributed by atoms with Crippen LogP contribution in [-0.2, 0) is 13.5 Å². The molecule has 1 aromatic heterocycles. The van der Waals surface area contributed by atoms with Crippen LogP contribution < -0.4 is 0 Å². The normalized spacial score (nSPS) is 23.7. The summed E-state index contributed by atoms with van der Waals surface area (Å²) in [7, 11) is 6.24. The highest BCUT2D eigenvalue weighted by atomic mass is 16.3. The molecule has 0 aromatic carbocycles. The Bertz CT molecular complexity index is 418. The molecule has 0 radical (unpaired) electrons. The van der Waals surface area contributed by atoms with Crippen LogP contribution in [0.3, 0.4) is 0 Å². The van der Waals surface area contributed by atoms with Gasteiger partial charge < -0.3 is 14.9 Å². The minimum Gasteiger partial charge on any atom is -0.393 e. The monoisotopic (exact) mass is 266 g/mol. The Hall–Kier alpha value is -0.910. The highest BCUT2D eigenvalue weighted by molar-refractivity contribution is 5.09. The smallest absolute Gasteiger partial charge is 0.0610 e. The molecule has 0 aliphatic carbocycles. The lowest BCUT2D eigenvalue weighted by atomic mass is 10.0. The Balaban J connectivity index is 1.90. The maximum atomic E-state index is 10.3. The fourth-order valence-corrected chi connectivity index (χ4v) is 2.85. The lowest BCUT2D eigenvalue weighted by Crippen LogP contribution is -2.51. The summed E-state index contributed by atoms with van der Waals surface area (Å²) in [5.41, 5.74) is 2.12. The Kier molecular flexibility index (Phi) is 4.60. The molecule has 2 unspecified atom stereocenters. The summed E-state index contributed by atoms with van der Waals surface area (Å²) in [6, 6.07) is 2.50. The number of aromatic nitrogens is 2. The molecule has 5 nitrogen and oxygen atoms in total. The molecular weight excluding hydrogens is 240 g/mol. The molecule has 5 heteroatoms. The zero-order valence-electron chi connectivity index (χ0n) is 12.5. The molecule has 0 spiro atoms. The van der Waals surface area contributed by atoms with Gasteiger partial charge in [-0.1, -0.05) is 0 Å². The zero-order chi connectivity index (χ0) is 14.0. The van der Waals surface area contributed by atoms with Crippen molar-refractivity contribution in [3.63, 3.8) is 0 Å². The Morgan fingerprint density at radius 2 is 2.11 bits per heavy atom. The predicted octanol–water partition coefficient (Wildman–Crippen LogP) is 0.268. The van der Waals surface area contributed by atoms with Crippen LogP contribution in [0.1, 0.15) is 17.8 Å². The van der Waals surface area contributed by atoms with Gasteiger partial charge in [0, 0.05) is 44.8 Å². The van der Waals surface area contributed by atoms with Crippen molar-refractivity contribution >= 4 is 0 Å².